The number of cyclic esters (lactones) is 1. The summed E-state index contributed by atoms with van der Waals surface area (Å²) in [5.41, 5.74) is 1.24. The van der Waals surface area contributed by atoms with E-state index in [0.717, 1.165) is 25.7 Å². The minimum absolute atomic E-state index is 0.00211. The number of benzene rings is 2. The second-order valence-electron chi connectivity index (χ2n) is 5.60. The standard InChI is InChI=1S/C19H20O2Se/c20-19-18(22-17-11-5-2-6-12-17)13-7-10-16(21-19)14-15-8-3-1-4-9-15/h1-6,8-9,11-12,16,18H,7,10,13-14H2/t16-,18-/m1/s1. The Balaban J connectivity index is 1.61. The van der Waals surface area contributed by atoms with Crippen molar-refractivity contribution in [3.8, 4) is 0 Å². The summed E-state index contributed by atoms with van der Waals surface area (Å²) >= 11 is 0.167. The predicted octanol–water partition coefficient (Wildman–Crippen LogP) is 3.14. The Labute approximate surface area is 138 Å². The van der Waals surface area contributed by atoms with E-state index in [1.807, 2.05) is 36.4 Å². The van der Waals surface area contributed by atoms with Gasteiger partial charge in [0.15, 0.2) is 0 Å². The number of esters is 1. The molecular formula is C19H20O2Se. The fourth-order valence-electron chi connectivity index (χ4n) is 2.74. The van der Waals surface area contributed by atoms with Crippen LogP contribution in [0.1, 0.15) is 24.8 Å². The van der Waals surface area contributed by atoms with Gasteiger partial charge in [-0.15, -0.1) is 0 Å². The summed E-state index contributed by atoms with van der Waals surface area (Å²) in [6, 6.07) is 20.6. The zero-order valence-electron chi connectivity index (χ0n) is 12.5. The fraction of sp³-hybridized carbons (Fsp3) is 0.316. The topological polar surface area (TPSA) is 26.3 Å². The molecule has 0 N–H and O–H groups in total. The summed E-state index contributed by atoms with van der Waals surface area (Å²) in [6.07, 6.45) is 3.87. The van der Waals surface area contributed by atoms with E-state index in [0.29, 0.717) is 0 Å². The van der Waals surface area contributed by atoms with Crippen molar-refractivity contribution in [1.82, 2.24) is 0 Å². The molecule has 1 fully saturated rings. The van der Waals surface area contributed by atoms with Crippen LogP contribution >= 0.6 is 0 Å². The summed E-state index contributed by atoms with van der Waals surface area (Å²) in [7, 11) is 0. The van der Waals surface area contributed by atoms with Gasteiger partial charge in [0.1, 0.15) is 0 Å². The van der Waals surface area contributed by atoms with Gasteiger partial charge in [-0.2, -0.15) is 0 Å². The molecule has 0 saturated carbocycles. The van der Waals surface area contributed by atoms with Crippen LogP contribution in [0.15, 0.2) is 60.7 Å². The van der Waals surface area contributed by atoms with E-state index in [9.17, 15) is 4.79 Å². The number of hydrogen-bond acceptors (Lipinski definition) is 2. The van der Waals surface area contributed by atoms with Crippen molar-refractivity contribution in [3.63, 3.8) is 0 Å². The van der Waals surface area contributed by atoms with E-state index in [4.69, 9.17) is 4.74 Å². The number of carbonyl (C=O) groups is 1. The van der Waals surface area contributed by atoms with Crippen LogP contribution in [0.2, 0.25) is 4.82 Å². The van der Waals surface area contributed by atoms with Crippen molar-refractivity contribution in [2.45, 2.75) is 36.6 Å². The summed E-state index contributed by atoms with van der Waals surface area (Å²) in [5, 5.41) is 0. The van der Waals surface area contributed by atoms with Gasteiger partial charge in [-0.25, -0.2) is 0 Å². The first-order chi connectivity index (χ1) is 10.8. The average molecular weight is 359 g/mol. The normalized spacial score (nSPS) is 21.9. The van der Waals surface area contributed by atoms with E-state index >= 15 is 0 Å². The molecule has 2 atom stereocenters. The molecule has 0 bridgehead atoms. The van der Waals surface area contributed by atoms with Crippen molar-refractivity contribution in [2.24, 2.45) is 0 Å². The summed E-state index contributed by atoms with van der Waals surface area (Å²) < 4.78 is 7.05. The third-order valence-corrected chi connectivity index (χ3v) is 6.50. The van der Waals surface area contributed by atoms with E-state index < -0.39 is 0 Å². The van der Waals surface area contributed by atoms with Crippen LogP contribution in [-0.2, 0) is 16.0 Å². The van der Waals surface area contributed by atoms with Gasteiger partial charge in [0.05, 0.1) is 0 Å². The number of hydrogen-bond donors (Lipinski definition) is 0. The maximum absolute atomic E-state index is 12.4. The molecule has 1 aliphatic heterocycles. The monoisotopic (exact) mass is 360 g/mol. The molecule has 1 heterocycles. The third kappa shape index (κ3) is 4.22. The van der Waals surface area contributed by atoms with Gasteiger partial charge < -0.3 is 0 Å². The van der Waals surface area contributed by atoms with Gasteiger partial charge >= 0.3 is 138 Å². The molecule has 0 aromatic heterocycles. The van der Waals surface area contributed by atoms with Gasteiger partial charge in [0, 0.05) is 0 Å². The van der Waals surface area contributed by atoms with Crippen LogP contribution in [0, 0.1) is 0 Å². The van der Waals surface area contributed by atoms with Crippen LogP contribution in [0.4, 0.5) is 0 Å². The molecule has 3 rings (SSSR count). The summed E-state index contributed by atoms with van der Waals surface area (Å²) in [6.45, 7) is 0. The first kappa shape index (κ1) is 15.3. The molecule has 0 unspecified atom stereocenters. The van der Waals surface area contributed by atoms with E-state index in [1.165, 1.54) is 10.0 Å². The minimum atomic E-state index is 0.00211. The SMILES string of the molecule is O=C1O[C@@H](Cc2ccccc2)CCC[C@H]1[Se]c1ccccc1. The molecular weight excluding hydrogens is 339 g/mol. The summed E-state index contributed by atoms with van der Waals surface area (Å²) in [5.74, 6) is 0.00211. The first-order valence-electron chi connectivity index (χ1n) is 7.77. The predicted molar refractivity (Wildman–Crippen MR) is 89.5 cm³/mol. The van der Waals surface area contributed by atoms with Crippen LogP contribution < -0.4 is 4.46 Å². The first-order valence-corrected chi connectivity index (χ1v) is 9.62. The van der Waals surface area contributed by atoms with Crippen LogP contribution in [-0.4, -0.2) is 27.0 Å². The Bertz CT molecular complexity index is 597. The van der Waals surface area contributed by atoms with Gasteiger partial charge in [-0.1, -0.05) is 0 Å². The van der Waals surface area contributed by atoms with E-state index in [1.54, 1.807) is 0 Å². The molecule has 114 valence electrons. The molecule has 0 radical (unpaired) electrons. The maximum atomic E-state index is 12.4. The van der Waals surface area contributed by atoms with Gasteiger partial charge in [-0.05, 0) is 0 Å². The van der Waals surface area contributed by atoms with Crippen molar-refractivity contribution in [2.75, 3.05) is 0 Å². The number of rotatable bonds is 4. The Morgan fingerprint density at radius 1 is 0.955 bits per heavy atom. The molecule has 3 heteroatoms. The van der Waals surface area contributed by atoms with E-state index in [2.05, 4.69) is 24.3 Å². The van der Waals surface area contributed by atoms with Crippen LogP contribution in [0.5, 0.6) is 0 Å². The Hall–Kier alpha value is -1.57. The van der Waals surface area contributed by atoms with Gasteiger partial charge in [0.25, 0.3) is 0 Å². The second kappa shape index (κ2) is 7.62. The zero-order chi connectivity index (χ0) is 15.2. The molecule has 2 aromatic rings. The Kier molecular flexibility index (Phi) is 5.31. The number of ether oxygens (including phenoxy) is 1. The molecule has 1 saturated heterocycles. The zero-order valence-corrected chi connectivity index (χ0v) is 14.2. The van der Waals surface area contributed by atoms with Crippen LogP contribution in [0.25, 0.3) is 0 Å². The molecule has 1 aliphatic rings. The Morgan fingerprint density at radius 3 is 2.36 bits per heavy atom. The van der Waals surface area contributed by atoms with E-state index in [-0.39, 0.29) is 31.8 Å². The molecule has 0 amide bonds. The molecule has 0 spiro atoms. The molecule has 22 heavy (non-hydrogen) atoms. The number of carbonyl (C=O) groups excluding carboxylic acids is 1. The fourth-order valence-corrected chi connectivity index (χ4v) is 5.00. The average Bonchev–Trinajstić information content (AvgIpc) is 2.71. The van der Waals surface area contributed by atoms with Gasteiger partial charge in [0.2, 0.25) is 0 Å². The summed E-state index contributed by atoms with van der Waals surface area (Å²) in [4.78, 5) is 12.5. The molecule has 2 aromatic carbocycles. The second-order valence-corrected chi connectivity index (χ2v) is 8.28. The van der Waals surface area contributed by atoms with Crippen LogP contribution in [0.3, 0.4) is 0 Å². The molecule has 0 aliphatic carbocycles. The third-order valence-electron chi connectivity index (χ3n) is 3.87. The Morgan fingerprint density at radius 2 is 1.64 bits per heavy atom. The van der Waals surface area contributed by atoms with Gasteiger partial charge in [-0.3, -0.25) is 0 Å². The van der Waals surface area contributed by atoms with Crippen molar-refractivity contribution in [1.29, 1.82) is 0 Å². The van der Waals surface area contributed by atoms with Crippen molar-refractivity contribution in [3.05, 3.63) is 66.2 Å². The van der Waals surface area contributed by atoms with Crippen molar-refractivity contribution >= 4 is 25.4 Å². The molecule has 2 nitrogen and oxygen atoms in total. The quantitative estimate of drug-likeness (QED) is 0.619. The van der Waals surface area contributed by atoms with Crippen molar-refractivity contribution < 1.29 is 9.53 Å².